The van der Waals surface area contributed by atoms with Crippen molar-refractivity contribution in [2.75, 3.05) is 9.80 Å². The van der Waals surface area contributed by atoms with E-state index in [1.165, 1.54) is 103 Å². The highest BCUT2D eigenvalue weighted by molar-refractivity contribution is 7.20. The molecule has 1 aromatic heterocycles. The van der Waals surface area contributed by atoms with Crippen molar-refractivity contribution in [3.8, 4) is 16.8 Å². The third-order valence-corrected chi connectivity index (χ3v) is 28.2. The van der Waals surface area contributed by atoms with E-state index in [9.17, 15) is 0 Å². The molecule has 0 atom stereocenters. The minimum Gasteiger partial charge on any atom is -0.311 e. The number of aromatic nitrogens is 1. The van der Waals surface area contributed by atoms with Gasteiger partial charge in [-0.2, -0.15) is 0 Å². The van der Waals surface area contributed by atoms with Gasteiger partial charge in [-0.3, -0.25) is 0 Å². The first-order valence-electron chi connectivity index (χ1n) is 37.9. The molecule has 0 radical (unpaired) electrons. The summed E-state index contributed by atoms with van der Waals surface area (Å²) in [6.45, 7) is -0.217. The minimum absolute atomic E-state index is 0.217. The van der Waals surface area contributed by atoms with Crippen LogP contribution in [-0.4, -0.2) is 19.4 Å². The third-order valence-electron chi connectivity index (χ3n) is 23.4. The van der Waals surface area contributed by atoms with Crippen LogP contribution in [0.2, 0.25) is 0 Å². The standard InChI is InChI=1S/C104H74BN3Si/c1-10-34-77(35-11-1)103(78-36-12-2-13-37-78,79-38-14-3-15-39-79)83-60-65-86(66-61-83)107-98-57-33-30-54-94(98)105-95-74-84(104(80-40-16-4-17-41-80,81-42-18-5-19-43-81)82-44-20-6-21-45-82)62-71-99(95)108(87-67-69-91(70-68-87)109(88-46-22-7-23-47-88,89-48-24-8-25-49-89)90-50-26-9-27-51-90)101-73-76(72-100(107)102(101)105)75-58-63-85(64-59-75)106-96-55-31-28-52-92(96)93-53-29-32-56-97(93)106/h1-74H. The van der Waals surface area contributed by atoms with E-state index < -0.39 is 18.9 Å². The molecule has 0 bridgehead atoms. The fraction of sp³-hybridized carbons (Fsp3) is 0.0192. The molecule has 17 aromatic carbocycles. The van der Waals surface area contributed by atoms with Crippen LogP contribution in [0.25, 0.3) is 38.6 Å². The average molecular weight is 1400 g/mol. The summed E-state index contributed by atoms with van der Waals surface area (Å²) < 4.78 is 2.42. The van der Waals surface area contributed by atoms with Crippen LogP contribution in [0.15, 0.2) is 449 Å². The first-order chi connectivity index (χ1) is 54.1. The number of nitrogens with zero attached hydrogens (tertiary/aromatic N) is 3. The van der Waals surface area contributed by atoms with Crippen molar-refractivity contribution in [2.45, 2.75) is 10.8 Å². The Balaban J connectivity index is 0.862. The molecular weight excluding hydrogens is 1330 g/mol. The number of hydrogen-bond acceptors (Lipinski definition) is 2. The molecule has 2 aliphatic rings. The minimum atomic E-state index is -2.95. The second-order valence-electron chi connectivity index (χ2n) is 28.9. The van der Waals surface area contributed by atoms with Crippen molar-refractivity contribution in [2.24, 2.45) is 0 Å². The van der Waals surface area contributed by atoms with Crippen LogP contribution in [0, 0.1) is 0 Å². The quantitative estimate of drug-likeness (QED) is 0.0706. The van der Waals surface area contributed by atoms with Crippen LogP contribution in [0.3, 0.4) is 0 Å². The molecule has 512 valence electrons. The third kappa shape index (κ3) is 10.4. The van der Waals surface area contributed by atoms with Gasteiger partial charge >= 0.3 is 0 Å². The molecule has 0 spiro atoms. The highest BCUT2D eigenvalue weighted by Crippen LogP contribution is 2.51. The van der Waals surface area contributed by atoms with Gasteiger partial charge in [-0.1, -0.05) is 376 Å². The second kappa shape index (κ2) is 27.1. The Morgan fingerprint density at radius 3 is 0.945 bits per heavy atom. The van der Waals surface area contributed by atoms with Gasteiger partial charge in [0, 0.05) is 50.6 Å². The molecule has 0 unspecified atom stereocenters. The second-order valence-corrected chi connectivity index (χ2v) is 32.7. The lowest BCUT2D eigenvalue weighted by Crippen LogP contribution is -2.74. The zero-order valence-corrected chi connectivity index (χ0v) is 61.1. The van der Waals surface area contributed by atoms with Crippen LogP contribution < -0.4 is 46.9 Å². The van der Waals surface area contributed by atoms with Gasteiger partial charge in [0.05, 0.1) is 21.9 Å². The molecule has 3 nitrogen and oxygen atoms in total. The maximum Gasteiger partial charge on any atom is 0.252 e. The Bertz CT molecular complexity index is 5950. The molecule has 20 rings (SSSR count). The lowest BCUT2D eigenvalue weighted by Gasteiger charge is -2.45. The summed E-state index contributed by atoms with van der Waals surface area (Å²) in [6.07, 6.45) is 0. The first-order valence-corrected chi connectivity index (χ1v) is 39.9. The Labute approximate surface area is 639 Å². The van der Waals surface area contributed by atoms with Crippen molar-refractivity contribution >= 4 is 108 Å². The highest BCUT2D eigenvalue weighted by atomic mass is 28.3. The van der Waals surface area contributed by atoms with E-state index in [0.717, 1.165) is 50.9 Å². The smallest absolute Gasteiger partial charge is 0.252 e. The van der Waals surface area contributed by atoms with Gasteiger partial charge in [0.2, 0.25) is 0 Å². The topological polar surface area (TPSA) is 11.4 Å². The highest BCUT2D eigenvalue weighted by Gasteiger charge is 2.48. The van der Waals surface area contributed by atoms with Gasteiger partial charge in [-0.15, -0.1) is 0 Å². The van der Waals surface area contributed by atoms with E-state index >= 15 is 0 Å². The van der Waals surface area contributed by atoms with Crippen molar-refractivity contribution in [3.05, 3.63) is 493 Å². The number of fused-ring (bicyclic) bond motifs is 7. The van der Waals surface area contributed by atoms with Crippen LogP contribution in [0.1, 0.15) is 44.5 Å². The van der Waals surface area contributed by atoms with Gasteiger partial charge in [0.25, 0.3) is 6.71 Å². The van der Waals surface area contributed by atoms with E-state index in [1.54, 1.807) is 0 Å². The Morgan fingerprint density at radius 1 is 0.211 bits per heavy atom. The summed E-state index contributed by atoms with van der Waals surface area (Å²) in [7, 11) is -2.95. The molecule has 5 heteroatoms. The molecule has 2 aliphatic heterocycles. The molecule has 0 saturated heterocycles. The summed E-state index contributed by atoms with van der Waals surface area (Å²) in [5.41, 5.74) is 24.3. The van der Waals surface area contributed by atoms with E-state index in [0.29, 0.717) is 0 Å². The SMILES string of the molecule is c1ccc(C(c2ccccc2)(c2ccccc2)c2ccc(N3c4ccccc4B4c5cc(C(c6ccccc6)(c6ccccc6)c6ccccc6)ccc5N(c5ccc([Si](c6ccccc6)(c6ccccc6)c6ccccc6)cc5)c5cc(-c6ccc(-n7c8ccccc8c8ccccc87)cc6)cc3c54)cc2)cc1. The number of rotatable bonds is 16. The Morgan fingerprint density at radius 2 is 0.523 bits per heavy atom. The van der Waals surface area contributed by atoms with Crippen molar-refractivity contribution in [1.82, 2.24) is 4.57 Å². The molecule has 109 heavy (non-hydrogen) atoms. The summed E-state index contributed by atoms with van der Waals surface area (Å²) in [5.74, 6) is 0. The van der Waals surface area contributed by atoms with Gasteiger partial charge in [0.15, 0.2) is 8.07 Å². The lowest BCUT2D eigenvalue weighted by atomic mass is 9.33. The van der Waals surface area contributed by atoms with E-state index in [1.807, 2.05) is 0 Å². The van der Waals surface area contributed by atoms with E-state index in [-0.39, 0.29) is 6.71 Å². The molecule has 0 N–H and O–H groups in total. The molecule has 18 aromatic rings. The number of anilines is 6. The van der Waals surface area contributed by atoms with Crippen molar-refractivity contribution in [1.29, 1.82) is 0 Å². The van der Waals surface area contributed by atoms with Crippen LogP contribution in [-0.2, 0) is 10.8 Å². The summed E-state index contributed by atoms with van der Waals surface area (Å²) in [6, 6.07) is 169. The van der Waals surface area contributed by atoms with E-state index in [2.05, 4.69) is 463 Å². The van der Waals surface area contributed by atoms with E-state index in [4.69, 9.17) is 0 Å². The maximum atomic E-state index is 2.61. The largest absolute Gasteiger partial charge is 0.311 e. The predicted octanol–water partition coefficient (Wildman–Crippen LogP) is 20.7. The summed E-state index contributed by atoms with van der Waals surface area (Å²) in [5, 5.41) is 7.79. The monoisotopic (exact) mass is 1400 g/mol. The predicted molar refractivity (Wildman–Crippen MR) is 460 cm³/mol. The molecule has 0 saturated carbocycles. The average Bonchev–Trinajstić information content (AvgIpc) is 1.25. The van der Waals surface area contributed by atoms with Crippen molar-refractivity contribution in [3.63, 3.8) is 0 Å². The normalized spacial score (nSPS) is 12.5. The first kappa shape index (κ1) is 65.0. The molecule has 3 heterocycles. The summed E-state index contributed by atoms with van der Waals surface area (Å²) >= 11 is 0. The molecule has 0 amide bonds. The number of benzene rings is 17. The summed E-state index contributed by atoms with van der Waals surface area (Å²) in [4.78, 5) is 5.20. The molecular formula is C104H74BN3Si. The molecule has 0 fully saturated rings. The lowest BCUT2D eigenvalue weighted by molar-refractivity contribution is 0.745. The fourth-order valence-electron chi connectivity index (χ4n) is 18.8. The van der Waals surface area contributed by atoms with Gasteiger partial charge < -0.3 is 14.4 Å². The fourth-order valence-corrected chi connectivity index (χ4v) is 23.6. The van der Waals surface area contributed by atoms with Crippen LogP contribution >= 0.6 is 0 Å². The Hall–Kier alpha value is -13.6. The van der Waals surface area contributed by atoms with Crippen molar-refractivity contribution < 1.29 is 0 Å². The number of para-hydroxylation sites is 3. The van der Waals surface area contributed by atoms with Gasteiger partial charge in [-0.05, 0) is 166 Å². The molecule has 0 aliphatic carbocycles. The maximum absolute atomic E-state index is 2.95. The van der Waals surface area contributed by atoms with Crippen LogP contribution in [0.5, 0.6) is 0 Å². The van der Waals surface area contributed by atoms with Gasteiger partial charge in [-0.25, -0.2) is 0 Å². The number of hydrogen-bond donors (Lipinski definition) is 0. The zero-order chi connectivity index (χ0) is 72.3. The zero-order valence-electron chi connectivity index (χ0n) is 60.1. The van der Waals surface area contributed by atoms with Crippen LogP contribution in [0.4, 0.5) is 34.1 Å². The van der Waals surface area contributed by atoms with Gasteiger partial charge in [0.1, 0.15) is 0 Å². The Kier molecular flexibility index (Phi) is 16.1.